The molecule has 0 aromatic heterocycles. The van der Waals surface area contributed by atoms with Crippen molar-refractivity contribution in [3.8, 4) is 0 Å². The van der Waals surface area contributed by atoms with E-state index in [0.29, 0.717) is 5.92 Å². The van der Waals surface area contributed by atoms with E-state index in [1.807, 2.05) is 0 Å². The van der Waals surface area contributed by atoms with Crippen LogP contribution in [0.1, 0.15) is 34.1 Å². The zero-order valence-electron chi connectivity index (χ0n) is 10.7. The second-order valence-electron chi connectivity index (χ2n) is 4.88. The second kappa shape index (κ2) is 4.29. The van der Waals surface area contributed by atoms with E-state index in [4.69, 9.17) is 0 Å². The van der Waals surface area contributed by atoms with Gasteiger partial charge in [0.15, 0.2) is 0 Å². The summed E-state index contributed by atoms with van der Waals surface area (Å²) in [4.78, 5) is 0. The number of hydrogen-bond acceptors (Lipinski definition) is 0. The minimum absolute atomic E-state index is 0.494. The quantitative estimate of drug-likeness (QED) is 0.509. The van der Waals surface area contributed by atoms with Crippen molar-refractivity contribution < 1.29 is 0 Å². The Hall–Kier alpha value is -1.30. The average Bonchev–Trinajstić information content (AvgIpc) is 2.46. The van der Waals surface area contributed by atoms with Gasteiger partial charge in [0.05, 0.1) is 0 Å². The lowest BCUT2D eigenvalue weighted by atomic mass is 9.83. The van der Waals surface area contributed by atoms with Gasteiger partial charge in [-0.2, -0.15) is 0 Å². The normalized spacial score (nSPS) is 33.0. The van der Waals surface area contributed by atoms with Crippen molar-refractivity contribution in [2.24, 2.45) is 5.92 Å². The number of hydrogen-bond donors (Lipinski definition) is 0. The Morgan fingerprint density at radius 3 is 2.56 bits per heavy atom. The van der Waals surface area contributed by atoms with Gasteiger partial charge in [0, 0.05) is 5.92 Å². The van der Waals surface area contributed by atoms with Crippen LogP contribution in [0.4, 0.5) is 0 Å². The van der Waals surface area contributed by atoms with Crippen molar-refractivity contribution in [3.05, 3.63) is 58.2 Å². The van der Waals surface area contributed by atoms with E-state index in [0.717, 1.165) is 6.42 Å². The fourth-order valence-electron chi connectivity index (χ4n) is 2.51. The molecular formula is C16H20. The van der Waals surface area contributed by atoms with Crippen LogP contribution < -0.4 is 0 Å². The third-order valence-corrected chi connectivity index (χ3v) is 3.83. The summed E-state index contributed by atoms with van der Waals surface area (Å²) < 4.78 is 0. The lowest BCUT2D eigenvalue weighted by molar-refractivity contribution is 0.862. The minimum atomic E-state index is 0.494. The van der Waals surface area contributed by atoms with Gasteiger partial charge in [-0.1, -0.05) is 47.1 Å². The monoisotopic (exact) mass is 212 g/mol. The van der Waals surface area contributed by atoms with Gasteiger partial charge >= 0.3 is 0 Å². The molecule has 0 saturated carbocycles. The van der Waals surface area contributed by atoms with E-state index in [1.165, 1.54) is 27.9 Å². The van der Waals surface area contributed by atoms with Crippen LogP contribution in [0, 0.1) is 5.92 Å². The predicted molar refractivity (Wildman–Crippen MR) is 71.2 cm³/mol. The molecule has 2 aliphatic carbocycles. The van der Waals surface area contributed by atoms with E-state index >= 15 is 0 Å². The number of rotatable bonds is 0. The molecule has 0 aliphatic heterocycles. The molecule has 1 unspecified atom stereocenters. The maximum atomic E-state index is 2.37. The summed E-state index contributed by atoms with van der Waals surface area (Å²) in [5.41, 5.74) is 7.32. The van der Waals surface area contributed by atoms with Crippen molar-refractivity contribution in [2.45, 2.75) is 34.1 Å². The molecule has 0 aromatic rings. The summed E-state index contributed by atoms with van der Waals surface area (Å²) >= 11 is 0. The van der Waals surface area contributed by atoms with Crippen LogP contribution in [0.2, 0.25) is 0 Å². The standard InChI is InChI=1S/C16H20/c1-11-9-10-12(2)15-7-5-6-8-16(13(11)3)14(15)4/h5-8,10,15H,9H2,1-4H3/b12-10-,13-11-. The van der Waals surface area contributed by atoms with Crippen LogP contribution in [-0.2, 0) is 0 Å². The van der Waals surface area contributed by atoms with E-state index in [2.05, 4.69) is 58.1 Å². The molecule has 0 radical (unpaired) electrons. The molecule has 0 fully saturated rings. The van der Waals surface area contributed by atoms with Gasteiger partial charge < -0.3 is 0 Å². The molecule has 0 N–H and O–H groups in total. The first-order valence-electron chi connectivity index (χ1n) is 6.00. The molecule has 1 atom stereocenters. The van der Waals surface area contributed by atoms with E-state index < -0.39 is 0 Å². The molecule has 0 spiro atoms. The summed E-state index contributed by atoms with van der Waals surface area (Å²) in [6.45, 7) is 9.00. The highest BCUT2D eigenvalue weighted by Gasteiger charge is 2.17. The molecule has 0 heterocycles. The van der Waals surface area contributed by atoms with Crippen molar-refractivity contribution in [2.75, 3.05) is 0 Å². The number of allylic oxidation sites excluding steroid dienone is 10. The van der Waals surface area contributed by atoms with Crippen LogP contribution in [0.15, 0.2) is 58.2 Å². The van der Waals surface area contributed by atoms with Crippen LogP contribution in [0.3, 0.4) is 0 Å². The Morgan fingerprint density at radius 2 is 1.81 bits per heavy atom. The topological polar surface area (TPSA) is 0 Å². The predicted octanol–water partition coefficient (Wildman–Crippen LogP) is 4.73. The van der Waals surface area contributed by atoms with Gasteiger partial charge in [-0.15, -0.1) is 0 Å². The molecule has 0 heteroatoms. The van der Waals surface area contributed by atoms with Gasteiger partial charge in [0.2, 0.25) is 0 Å². The third kappa shape index (κ3) is 1.84. The molecule has 0 amide bonds. The van der Waals surface area contributed by atoms with Crippen molar-refractivity contribution in [3.63, 3.8) is 0 Å². The summed E-state index contributed by atoms with van der Waals surface area (Å²) in [6.07, 6.45) is 12.4. The molecular weight excluding hydrogens is 192 g/mol. The maximum Gasteiger partial charge on any atom is 0.0193 e. The summed E-state index contributed by atoms with van der Waals surface area (Å²) in [5.74, 6) is 0.494. The van der Waals surface area contributed by atoms with Crippen LogP contribution in [0.25, 0.3) is 0 Å². The van der Waals surface area contributed by atoms with Crippen LogP contribution in [0.5, 0.6) is 0 Å². The Labute approximate surface area is 98.8 Å². The molecule has 16 heavy (non-hydrogen) atoms. The van der Waals surface area contributed by atoms with Gasteiger partial charge in [0.25, 0.3) is 0 Å². The zero-order valence-corrected chi connectivity index (χ0v) is 10.7. The highest BCUT2D eigenvalue weighted by Crippen LogP contribution is 2.34. The average molecular weight is 212 g/mol. The first kappa shape index (κ1) is 11.2. The zero-order chi connectivity index (χ0) is 11.7. The van der Waals surface area contributed by atoms with Crippen molar-refractivity contribution >= 4 is 0 Å². The second-order valence-corrected chi connectivity index (χ2v) is 4.88. The molecule has 2 bridgehead atoms. The Morgan fingerprint density at radius 1 is 1.06 bits per heavy atom. The molecule has 0 nitrogen and oxygen atoms in total. The fraction of sp³-hybridized carbons (Fsp3) is 0.375. The fourth-order valence-corrected chi connectivity index (χ4v) is 2.51. The molecule has 0 saturated heterocycles. The van der Waals surface area contributed by atoms with Gasteiger partial charge in [-0.05, 0) is 45.3 Å². The first-order chi connectivity index (χ1) is 7.61. The number of fused-ring (bicyclic) bond motifs is 1. The Kier molecular flexibility index (Phi) is 3.00. The summed E-state index contributed by atoms with van der Waals surface area (Å²) in [5, 5.41) is 0. The minimum Gasteiger partial charge on any atom is -0.0806 e. The molecule has 84 valence electrons. The summed E-state index contributed by atoms with van der Waals surface area (Å²) in [7, 11) is 0. The third-order valence-electron chi connectivity index (χ3n) is 3.83. The highest BCUT2D eigenvalue weighted by molar-refractivity contribution is 5.51. The molecule has 2 rings (SSSR count). The van der Waals surface area contributed by atoms with Crippen molar-refractivity contribution in [1.82, 2.24) is 0 Å². The van der Waals surface area contributed by atoms with E-state index in [1.54, 1.807) is 0 Å². The van der Waals surface area contributed by atoms with Crippen LogP contribution >= 0.6 is 0 Å². The lowest BCUT2D eigenvalue weighted by Gasteiger charge is -2.21. The highest BCUT2D eigenvalue weighted by atomic mass is 14.2. The lowest BCUT2D eigenvalue weighted by Crippen LogP contribution is -2.06. The van der Waals surface area contributed by atoms with E-state index in [9.17, 15) is 0 Å². The van der Waals surface area contributed by atoms with Crippen molar-refractivity contribution in [1.29, 1.82) is 0 Å². The molecule has 0 aromatic carbocycles. The largest absolute Gasteiger partial charge is 0.0806 e. The maximum absolute atomic E-state index is 2.37. The smallest absolute Gasteiger partial charge is 0.0193 e. The van der Waals surface area contributed by atoms with E-state index in [-0.39, 0.29) is 0 Å². The van der Waals surface area contributed by atoms with Crippen LogP contribution in [-0.4, -0.2) is 0 Å². The van der Waals surface area contributed by atoms with Gasteiger partial charge in [0.1, 0.15) is 0 Å². The van der Waals surface area contributed by atoms with Gasteiger partial charge in [-0.3, -0.25) is 0 Å². The van der Waals surface area contributed by atoms with Gasteiger partial charge in [-0.25, -0.2) is 0 Å². The summed E-state index contributed by atoms with van der Waals surface area (Å²) in [6, 6.07) is 0. The SMILES string of the molecule is CC1=C2C=CC=CC1/C(C)=C\C/C(C)=C\2C. The molecule has 2 aliphatic rings. The Bertz CT molecular complexity index is 450. The first-order valence-corrected chi connectivity index (χ1v) is 6.00. The Balaban J connectivity index is 2.65.